The van der Waals surface area contributed by atoms with Crippen molar-refractivity contribution in [2.45, 2.75) is 37.4 Å². The van der Waals surface area contributed by atoms with Gasteiger partial charge in [-0.2, -0.15) is 9.29 Å². The molecule has 0 spiro atoms. The van der Waals surface area contributed by atoms with Crippen molar-refractivity contribution in [2.75, 3.05) is 6.61 Å². The topological polar surface area (TPSA) is 323 Å². The van der Waals surface area contributed by atoms with Gasteiger partial charge in [-0.1, -0.05) is 0 Å². The number of rotatable bonds is 12. The number of aliphatic imine (C=N–C) groups is 1. The average Bonchev–Trinajstić information content (AvgIpc) is 2.96. The van der Waals surface area contributed by atoms with Crippen molar-refractivity contribution in [1.82, 2.24) is 9.55 Å². The van der Waals surface area contributed by atoms with Gasteiger partial charge in [0.05, 0.1) is 6.61 Å². The third-order valence-corrected chi connectivity index (χ3v) is 7.80. The summed E-state index contributed by atoms with van der Waals surface area (Å²) in [5.74, 6) is -2.82. The zero-order chi connectivity index (χ0) is 27.5. The molecule has 0 radical (unpaired) electrons. The lowest BCUT2D eigenvalue weighted by molar-refractivity contribution is -0.306. The van der Waals surface area contributed by atoms with Crippen molar-refractivity contribution < 1.29 is 76.4 Å². The van der Waals surface area contributed by atoms with Crippen LogP contribution in [0.1, 0.15) is 19.1 Å². The average molecular weight is 580 g/mol. The van der Waals surface area contributed by atoms with Gasteiger partial charge in [-0.15, -0.1) is 0 Å². The number of aliphatic hydroxyl groups is 2. The first-order chi connectivity index (χ1) is 16.4. The van der Waals surface area contributed by atoms with Crippen molar-refractivity contribution in [3.8, 4) is 0 Å². The molecule has 0 saturated carbocycles. The summed E-state index contributed by atoms with van der Waals surface area (Å²) < 4.78 is 50.6. The minimum Gasteiger partial charge on any atom is -0.862 e. The normalized spacial score (nSPS) is 27.7. The number of hydrogen-bond acceptors (Lipinski definition) is 16. The monoisotopic (exact) mass is 580 g/mol. The molecule has 36 heavy (non-hydrogen) atoms. The highest BCUT2D eigenvalue weighted by Gasteiger charge is 2.46. The Kier molecular flexibility index (Phi) is 9.82. The van der Waals surface area contributed by atoms with Gasteiger partial charge in [-0.05, 0) is 24.8 Å². The van der Waals surface area contributed by atoms with E-state index in [-0.39, 0.29) is 0 Å². The van der Waals surface area contributed by atoms with Crippen LogP contribution in [-0.4, -0.2) is 71.2 Å². The fourth-order valence-electron chi connectivity index (χ4n) is 2.62. The molecule has 1 aliphatic heterocycles. The van der Waals surface area contributed by atoms with Gasteiger partial charge >= 0.3 is 21.3 Å². The molecular formula is C13H17N3O17P3-3. The second-order valence-electron chi connectivity index (χ2n) is 6.76. The Balaban J connectivity index is 2.07. The minimum absolute atomic E-state index is 0.410. The number of carbonyl (C=O) groups is 1. The van der Waals surface area contributed by atoms with E-state index >= 15 is 0 Å². The van der Waals surface area contributed by atoms with Crippen LogP contribution in [0.2, 0.25) is 0 Å². The minimum atomic E-state index is -5.86. The van der Waals surface area contributed by atoms with E-state index in [2.05, 4.69) is 23.1 Å². The Morgan fingerprint density at radius 2 is 1.75 bits per heavy atom. The Labute approximate surface area is 199 Å². The summed E-state index contributed by atoms with van der Waals surface area (Å²) in [5, 5.41) is 42.2. The second-order valence-corrected chi connectivity index (χ2v) is 11.1. The van der Waals surface area contributed by atoms with Gasteiger partial charge in [0.1, 0.15) is 18.3 Å². The first-order valence-corrected chi connectivity index (χ1v) is 13.7. The maximum absolute atomic E-state index is 12.2. The summed E-state index contributed by atoms with van der Waals surface area (Å²) in [6.07, 6.45) is -7.26. The van der Waals surface area contributed by atoms with Gasteiger partial charge < -0.3 is 49.5 Å². The zero-order valence-corrected chi connectivity index (χ0v) is 20.1. The molecule has 23 heteroatoms. The highest BCUT2D eigenvalue weighted by molar-refractivity contribution is 7.66. The third kappa shape index (κ3) is 9.20. The van der Waals surface area contributed by atoms with E-state index in [1.807, 2.05) is 0 Å². The van der Waals surface area contributed by atoms with Crippen molar-refractivity contribution in [3.63, 3.8) is 0 Å². The number of carboxylic acids is 1. The third-order valence-electron chi connectivity index (χ3n) is 4.02. The number of nitrogens with zero attached hydrogens (tertiary/aromatic N) is 3. The molecule has 0 aromatic carbocycles. The molecular weight excluding hydrogens is 563 g/mol. The fourth-order valence-corrected chi connectivity index (χ4v) is 5.61. The lowest BCUT2D eigenvalue weighted by Gasteiger charge is -2.21. The maximum Gasteiger partial charge on any atom is 0.487 e. The molecule has 1 aliphatic rings. The van der Waals surface area contributed by atoms with Crippen molar-refractivity contribution in [1.29, 1.82) is 0 Å². The summed E-state index contributed by atoms with van der Waals surface area (Å²) in [7, 11) is -17.3. The van der Waals surface area contributed by atoms with Gasteiger partial charge in [0.15, 0.2) is 12.0 Å². The van der Waals surface area contributed by atoms with Crippen LogP contribution in [0.3, 0.4) is 0 Å². The summed E-state index contributed by atoms with van der Waals surface area (Å²) >= 11 is 0. The van der Waals surface area contributed by atoms with Gasteiger partial charge in [0.25, 0.3) is 7.82 Å². The molecule has 2 rings (SSSR count). The largest absolute Gasteiger partial charge is 0.862 e. The predicted octanol–water partition coefficient (Wildman–Crippen LogP) is -4.51. The summed E-state index contributed by atoms with van der Waals surface area (Å²) in [5.41, 5.74) is -1.15. The molecule has 204 valence electrons. The Morgan fingerprint density at radius 3 is 2.31 bits per heavy atom. The molecule has 3 unspecified atom stereocenters. The summed E-state index contributed by atoms with van der Waals surface area (Å²) in [6, 6.07) is 1.01. The van der Waals surface area contributed by atoms with Gasteiger partial charge in [-0.25, -0.2) is 23.2 Å². The van der Waals surface area contributed by atoms with E-state index < -0.39 is 90.8 Å². The van der Waals surface area contributed by atoms with Crippen molar-refractivity contribution in [2.24, 2.45) is 4.99 Å². The fraction of sp³-hybridized carbons (Fsp3) is 0.538. The first kappa shape index (κ1) is 30.3. The lowest BCUT2D eigenvalue weighted by Crippen LogP contribution is -2.36. The Hall–Kier alpha value is -1.89. The Bertz CT molecular complexity index is 1200. The van der Waals surface area contributed by atoms with E-state index in [4.69, 9.17) is 14.5 Å². The van der Waals surface area contributed by atoms with Gasteiger partial charge in [0.2, 0.25) is 0 Å². The van der Waals surface area contributed by atoms with Crippen LogP contribution >= 0.6 is 23.5 Å². The standard InChI is InChI=1S/C13H20N3O17P3/c17-8(1-2-9(18)19)14-7-3-4-16(13(22)15-7)12-11(21)10(20)6(31-12)5-30-35(26,27)33-36(28,29)32-34(23,24)25/h3-4,6,10-12,20-21H,1-2,5H2,(H,18,19)(H,26,27)(H,28,29)(H2,23,24,25)(H,14,15,17,22)/p-3/t6-,10-,11+,12-/m1/s1. The van der Waals surface area contributed by atoms with E-state index in [0.29, 0.717) is 4.57 Å². The molecule has 1 fully saturated rings. The molecule has 1 aromatic heterocycles. The van der Waals surface area contributed by atoms with E-state index in [1.54, 1.807) is 0 Å². The number of phosphoric ester groups is 1. The number of phosphoric acid groups is 3. The summed E-state index contributed by atoms with van der Waals surface area (Å²) in [4.78, 5) is 66.8. The number of aromatic nitrogens is 2. The number of aliphatic carboxylic acids is 1. The SMILES string of the molecule is O=C([O-])CCC([O-])=Nc1ccn([C@@H]2O[C@H](COP(=O)(O)OP(=O)(O)OP(=O)([O-])O)[C@@H](O)[C@@H]2O)c(=O)n1. The smallest absolute Gasteiger partial charge is 0.487 e. The highest BCUT2D eigenvalue weighted by Crippen LogP contribution is 2.65. The van der Waals surface area contributed by atoms with Crippen molar-refractivity contribution in [3.05, 3.63) is 22.7 Å². The van der Waals surface area contributed by atoms with Crippen LogP contribution in [0.25, 0.3) is 0 Å². The highest BCUT2D eigenvalue weighted by atomic mass is 31.3. The zero-order valence-electron chi connectivity index (χ0n) is 17.4. The molecule has 5 N–H and O–H groups in total. The van der Waals surface area contributed by atoms with E-state index in [0.717, 1.165) is 12.3 Å². The first-order valence-electron chi connectivity index (χ1n) is 9.21. The van der Waals surface area contributed by atoms with Crippen LogP contribution in [-0.2, 0) is 36.4 Å². The lowest BCUT2D eigenvalue weighted by atomic mass is 10.1. The number of hydrogen-bond donors (Lipinski definition) is 5. The number of ether oxygens (including phenoxy) is 1. The molecule has 0 bridgehead atoms. The molecule has 1 aromatic rings. The Morgan fingerprint density at radius 1 is 1.11 bits per heavy atom. The van der Waals surface area contributed by atoms with Crippen LogP contribution in [0, 0.1) is 0 Å². The second kappa shape index (κ2) is 11.7. The van der Waals surface area contributed by atoms with Gasteiger partial charge in [-0.3, -0.25) is 13.7 Å². The van der Waals surface area contributed by atoms with Crippen LogP contribution in [0.4, 0.5) is 5.82 Å². The number of carboxylic acid groups (broad SMARTS) is 1. The molecule has 1 saturated heterocycles. The van der Waals surface area contributed by atoms with Crippen LogP contribution in [0.15, 0.2) is 22.1 Å². The molecule has 20 nitrogen and oxygen atoms in total. The summed E-state index contributed by atoms with van der Waals surface area (Å²) in [6.45, 7) is -1.13. The molecule has 0 amide bonds. The van der Waals surface area contributed by atoms with Crippen LogP contribution in [0.5, 0.6) is 0 Å². The van der Waals surface area contributed by atoms with E-state index in [9.17, 15) is 53.5 Å². The van der Waals surface area contributed by atoms with Crippen molar-refractivity contribution >= 4 is 41.2 Å². The molecule has 0 aliphatic carbocycles. The quantitative estimate of drug-likeness (QED) is 0.0883. The molecule has 7 atom stereocenters. The predicted molar refractivity (Wildman–Crippen MR) is 103 cm³/mol. The maximum atomic E-state index is 12.2. The van der Waals surface area contributed by atoms with Gasteiger partial charge in [0, 0.05) is 12.2 Å². The van der Waals surface area contributed by atoms with E-state index in [1.165, 1.54) is 0 Å². The number of carbonyl (C=O) groups excluding carboxylic acids is 1. The number of aliphatic hydroxyl groups excluding tert-OH is 2. The van der Waals surface area contributed by atoms with Crippen LogP contribution < -0.4 is 20.8 Å². The molecule has 2 heterocycles.